The Bertz CT molecular complexity index is 174. The number of nitrogens with one attached hydrogen (secondary N) is 2. The highest BCUT2D eigenvalue weighted by Crippen LogP contribution is 2.01. The molecule has 90 valence electrons. The fraction of sp³-hybridized carbons (Fsp3) is 0.909. The van der Waals surface area contributed by atoms with E-state index in [1.165, 1.54) is 6.42 Å². The molecule has 0 aliphatic carbocycles. The number of hydrogen-bond acceptors (Lipinski definition) is 2. The molecule has 0 spiro atoms. The van der Waals surface area contributed by atoms with Gasteiger partial charge in [0.2, 0.25) is 0 Å². The predicted octanol–water partition coefficient (Wildman–Crippen LogP) is 1.92. The Morgan fingerprint density at radius 1 is 1.40 bits per heavy atom. The largest absolute Gasteiger partial charge is 0.383 e. The molecule has 0 aromatic rings. The normalized spacial score (nSPS) is 12.6. The molecule has 0 aromatic heterocycles. The molecule has 0 aliphatic heterocycles. The van der Waals surface area contributed by atoms with Crippen molar-refractivity contribution in [1.82, 2.24) is 10.6 Å². The van der Waals surface area contributed by atoms with Gasteiger partial charge in [0.05, 0.1) is 12.6 Å². The molecule has 0 bridgehead atoms. The molecule has 0 radical (unpaired) electrons. The Morgan fingerprint density at radius 2 is 2.07 bits per heavy atom. The molecule has 0 rings (SSSR count). The lowest BCUT2D eigenvalue weighted by molar-refractivity contribution is 0.156. The van der Waals surface area contributed by atoms with Crippen LogP contribution >= 0.6 is 12.2 Å². The van der Waals surface area contributed by atoms with E-state index >= 15 is 0 Å². The highest BCUT2D eigenvalue weighted by molar-refractivity contribution is 7.80. The van der Waals surface area contributed by atoms with Crippen molar-refractivity contribution in [2.45, 2.75) is 39.7 Å². The predicted molar refractivity (Wildman–Crippen MR) is 69.1 cm³/mol. The van der Waals surface area contributed by atoms with Gasteiger partial charge in [-0.3, -0.25) is 0 Å². The molecule has 0 aliphatic rings. The third-order valence-corrected chi connectivity index (χ3v) is 2.55. The molecular formula is C11H24N2OS. The van der Waals surface area contributed by atoms with Crippen molar-refractivity contribution in [2.75, 3.05) is 20.3 Å². The van der Waals surface area contributed by atoms with Crippen LogP contribution in [0.15, 0.2) is 0 Å². The molecule has 0 aromatic carbocycles. The first-order valence-corrected chi connectivity index (χ1v) is 6.05. The number of thiocarbonyl (C=S) groups is 1. The molecule has 15 heavy (non-hydrogen) atoms. The summed E-state index contributed by atoms with van der Waals surface area (Å²) in [5, 5.41) is 7.20. The number of hydrogen-bond donors (Lipinski definition) is 2. The van der Waals surface area contributed by atoms with Crippen molar-refractivity contribution < 1.29 is 4.74 Å². The van der Waals surface area contributed by atoms with Gasteiger partial charge < -0.3 is 15.4 Å². The summed E-state index contributed by atoms with van der Waals surface area (Å²) >= 11 is 5.20. The molecule has 1 atom stereocenters. The van der Waals surface area contributed by atoms with Gasteiger partial charge in [0.25, 0.3) is 0 Å². The van der Waals surface area contributed by atoms with Crippen LogP contribution in [0.2, 0.25) is 0 Å². The summed E-state index contributed by atoms with van der Waals surface area (Å²) in [5.41, 5.74) is 0. The summed E-state index contributed by atoms with van der Waals surface area (Å²) in [6, 6.07) is 0.289. The van der Waals surface area contributed by atoms with Gasteiger partial charge in [-0.25, -0.2) is 0 Å². The Labute approximate surface area is 99.0 Å². The molecule has 0 amide bonds. The van der Waals surface area contributed by atoms with Gasteiger partial charge in [-0.15, -0.1) is 0 Å². The lowest BCUT2D eigenvalue weighted by atomic mass is 10.1. The second-order valence-corrected chi connectivity index (χ2v) is 4.47. The molecule has 3 nitrogen and oxygen atoms in total. The van der Waals surface area contributed by atoms with Gasteiger partial charge in [-0.1, -0.05) is 27.2 Å². The van der Waals surface area contributed by atoms with Crippen LogP contribution in [0, 0.1) is 5.92 Å². The van der Waals surface area contributed by atoms with Gasteiger partial charge >= 0.3 is 0 Å². The van der Waals surface area contributed by atoms with E-state index in [1.54, 1.807) is 7.11 Å². The van der Waals surface area contributed by atoms with E-state index in [4.69, 9.17) is 17.0 Å². The Morgan fingerprint density at radius 3 is 2.53 bits per heavy atom. The summed E-state index contributed by atoms with van der Waals surface area (Å²) in [6.45, 7) is 8.12. The zero-order valence-corrected chi connectivity index (χ0v) is 11.1. The van der Waals surface area contributed by atoms with E-state index in [1.807, 2.05) is 0 Å². The van der Waals surface area contributed by atoms with Crippen LogP contribution in [0.4, 0.5) is 0 Å². The zero-order valence-electron chi connectivity index (χ0n) is 10.3. The second kappa shape index (κ2) is 8.92. The van der Waals surface area contributed by atoms with Crippen molar-refractivity contribution in [3.05, 3.63) is 0 Å². The van der Waals surface area contributed by atoms with Gasteiger partial charge in [0.15, 0.2) is 5.11 Å². The van der Waals surface area contributed by atoms with Gasteiger partial charge in [-0.05, 0) is 24.6 Å². The summed E-state index contributed by atoms with van der Waals surface area (Å²) in [7, 11) is 1.71. The smallest absolute Gasteiger partial charge is 0.166 e. The van der Waals surface area contributed by atoms with Gasteiger partial charge in [0, 0.05) is 13.7 Å². The first-order chi connectivity index (χ1) is 7.11. The Balaban J connectivity index is 3.78. The quantitative estimate of drug-likeness (QED) is 0.519. The van der Waals surface area contributed by atoms with Crippen LogP contribution in [0.25, 0.3) is 0 Å². The molecule has 0 saturated carbocycles. The maximum Gasteiger partial charge on any atom is 0.166 e. The van der Waals surface area contributed by atoms with Crippen LogP contribution in [0.5, 0.6) is 0 Å². The van der Waals surface area contributed by atoms with Crippen LogP contribution < -0.4 is 10.6 Å². The van der Waals surface area contributed by atoms with Crippen LogP contribution in [0.3, 0.4) is 0 Å². The molecule has 1 unspecified atom stereocenters. The Kier molecular flexibility index (Phi) is 8.71. The van der Waals surface area contributed by atoms with Crippen LogP contribution in [-0.2, 0) is 4.74 Å². The maximum absolute atomic E-state index is 5.20. The first kappa shape index (κ1) is 14.6. The van der Waals surface area contributed by atoms with E-state index in [-0.39, 0.29) is 6.04 Å². The van der Waals surface area contributed by atoms with E-state index in [0.29, 0.717) is 12.5 Å². The summed E-state index contributed by atoms with van der Waals surface area (Å²) in [4.78, 5) is 0. The molecule has 0 saturated heterocycles. The average molecular weight is 232 g/mol. The highest BCUT2D eigenvalue weighted by Gasteiger charge is 2.13. The van der Waals surface area contributed by atoms with E-state index in [0.717, 1.165) is 18.1 Å². The zero-order chi connectivity index (χ0) is 11.7. The van der Waals surface area contributed by atoms with Gasteiger partial charge in [-0.2, -0.15) is 0 Å². The average Bonchev–Trinajstić information content (AvgIpc) is 2.17. The molecule has 4 heteroatoms. The number of unbranched alkanes of at least 4 members (excludes halogenated alkanes) is 1. The SMILES string of the molecule is CCCCNC(=S)NC(COC)C(C)C. The van der Waals surface area contributed by atoms with E-state index in [2.05, 4.69) is 31.4 Å². The third-order valence-electron chi connectivity index (χ3n) is 2.28. The lowest BCUT2D eigenvalue weighted by Crippen LogP contribution is -2.46. The first-order valence-electron chi connectivity index (χ1n) is 5.65. The maximum atomic E-state index is 5.20. The van der Waals surface area contributed by atoms with Gasteiger partial charge in [0.1, 0.15) is 0 Å². The van der Waals surface area contributed by atoms with Crippen molar-refractivity contribution >= 4 is 17.3 Å². The van der Waals surface area contributed by atoms with Crippen molar-refractivity contribution in [3.63, 3.8) is 0 Å². The standard InChI is InChI=1S/C11H24N2OS/c1-5-6-7-12-11(15)13-10(8-14-4)9(2)3/h9-10H,5-8H2,1-4H3,(H2,12,13,15). The van der Waals surface area contributed by atoms with Crippen LogP contribution in [0.1, 0.15) is 33.6 Å². The molecular weight excluding hydrogens is 208 g/mol. The number of methoxy groups -OCH3 is 1. The molecule has 2 N–H and O–H groups in total. The Hall–Kier alpha value is -0.350. The van der Waals surface area contributed by atoms with E-state index in [9.17, 15) is 0 Å². The van der Waals surface area contributed by atoms with Crippen LogP contribution in [-0.4, -0.2) is 31.4 Å². The minimum Gasteiger partial charge on any atom is -0.383 e. The molecule has 0 heterocycles. The van der Waals surface area contributed by atoms with Crippen molar-refractivity contribution in [3.8, 4) is 0 Å². The number of rotatable bonds is 7. The van der Waals surface area contributed by atoms with E-state index < -0.39 is 0 Å². The van der Waals surface area contributed by atoms with Crippen molar-refractivity contribution in [1.29, 1.82) is 0 Å². The monoisotopic (exact) mass is 232 g/mol. The molecule has 0 fully saturated rings. The number of ether oxygens (including phenoxy) is 1. The minimum absolute atomic E-state index is 0.289. The fourth-order valence-electron chi connectivity index (χ4n) is 1.18. The fourth-order valence-corrected chi connectivity index (χ4v) is 1.43. The summed E-state index contributed by atoms with van der Waals surface area (Å²) in [5.74, 6) is 0.510. The summed E-state index contributed by atoms with van der Waals surface area (Å²) < 4.78 is 5.14. The minimum atomic E-state index is 0.289. The summed E-state index contributed by atoms with van der Waals surface area (Å²) in [6.07, 6.45) is 2.33. The third kappa shape index (κ3) is 7.56. The highest BCUT2D eigenvalue weighted by atomic mass is 32.1. The second-order valence-electron chi connectivity index (χ2n) is 4.06. The topological polar surface area (TPSA) is 33.3 Å². The van der Waals surface area contributed by atoms with Crippen molar-refractivity contribution in [2.24, 2.45) is 5.92 Å². The lowest BCUT2D eigenvalue weighted by Gasteiger charge is -2.23.